The van der Waals surface area contributed by atoms with Gasteiger partial charge in [0.25, 0.3) is 0 Å². The molecule has 1 aliphatic rings. The zero-order valence-electron chi connectivity index (χ0n) is 19.7. The maximum absolute atomic E-state index is 13.1. The van der Waals surface area contributed by atoms with E-state index in [0.717, 1.165) is 22.8 Å². The molecule has 0 spiro atoms. The highest BCUT2D eigenvalue weighted by Gasteiger charge is 2.36. The zero-order chi connectivity index (χ0) is 24.0. The molecule has 2 aromatic rings. The van der Waals surface area contributed by atoms with Crippen LogP contribution in [0.15, 0.2) is 42.5 Å². The Hall–Kier alpha value is -2.68. The summed E-state index contributed by atoms with van der Waals surface area (Å²) >= 11 is 0. The molecule has 0 aliphatic carbocycles. The number of benzene rings is 2. The van der Waals surface area contributed by atoms with E-state index in [2.05, 4.69) is 10.6 Å². The van der Waals surface area contributed by atoms with Crippen LogP contribution in [-0.4, -0.2) is 65.5 Å². The van der Waals surface area contributed by atoms with Crippen molar-refractivity contribution >= 4 is 40.9 Å². The summed E-state index contributed by atoms with van der Waals surface area (Å²) < 4.78 is 0. The highest BCUT2D eigenvalue weighted by atomic mass is 35.5. The van der Waals surface area contributed by atoms with Crippen molar-refractivity contribution in [2.24, 2.45) is 11.7 Å². The minimum atomic E-state index is -0.861. The van der Waals surface area contributed by atoms with E-state index in [-0.39, 0.29) is 49.6 Å². The van der Waals surface area contributed by atoms with Gasteiger partial charge in [-0.2, -0.15) is 0 Å². The first-order valence-corrected chi connectivity index (χ1v) is 11.5. The molecule has 1 aliphatic heterocycles. The largest absolute Gasteiger partial charge is 0.390 e. The van der Waals surface area contributed by atoms with E-state index in [9.17, 15) is 19.5 Å². The molecule has 0 saturated carbocycles. The van der Waals surface area contributed by atoms with Gasteiger partial charge in [0.1, 0.15) is 12.1 Å². The molecule has 1 saturated heterocycles. The molecule has 0 radical (unpaired) electrons. The summed E-state index contributed by atoms with van der Waals surface area (Å²) in [6.45, 7) is 4.19. The standard InChI is InChI=1S/C25H34N4O4.ClH/c1-16(2)25(33)29-11-5-8-22(29)24(32)28-21(23(31)27-15-20(30)14-26)13-17-9-10-18-6-3-4-7-19(18)12-17;/h3-4,6-7,9-10,12,16,20-22,30H,5,8,11,13-15,26H2,1-2H3,(H,27,31)(H,28,32);1H/t20?,21-,22?;/m1./s1. The fourth-order valence-corrected chi connectivity index (χ4v) is 4.14. The van der Waals surface area contributed by atoms with Gasteiger partial charge in [0.05, 0.1) is 6.10 Å². The Morgan fingerprint density at radius 2 is 1.85 bits per heavy atom. The minimum absolute atomic E-state index is 0. The number of rotatable bonds is 9. The second-order valence-corrected chi connectivity index (χ2v) is 8.93. The monoisotopic (exact) mass is 490 g/mol. The number of aliphatic hydroxyl groups excluding tert-OH is 1. The van der Waals surface area contributed by atoms with Gasteiger partial charge >= 0.3 is 0 Å². The van der Waals surface area contributed by atoms with Crippen molar-refractivity contribution in [3.63, 3.8) is 0 Å². The lowest BCUT2D eigenvalue weighted by atomic mass is 10.0. The number of hydrogen-bond acceptors (Lipinski definition) is 5. The molecule has 9 heteroatoms. The number of halogens is 1. The van der Waals surface area contributed by atoms with Crippen LogP contribution in [0, 0.1) is 5.92 Å². The molecule has 34 heavy (non-hydrogen) atoms. The molecule has 3 atom stereocenters. The number of carbonyl (C=O) groups is 3. The van der Waals surface area contributed by atoms with Crippen LogP contribution in [0.1, 0.15) is 32.3 Å². The number of hydrogen-bond donors (Lipinski definition) is 4. The molecule has 1 fully saturated rings. The normalized spacial score (nSPS) is 17.2. The molecule has 3 rings (SSSR count). The van der Waals surface area contributed by atoms with Gasteiger partial charge in [-0.1, -0.05) is 56.3 Å². The molecule has 5 N–H and O–H groups in total. The summed E-state index contributed by atoms with van der Waals surface area (Å²) in [5, 5.41) is 17.4. The first-order chi connectivity index (χ1) is 15.8. The van der Waals surface area contributed by atoms with E-state index in [1.807, 2.05) is 56.3 Å². The maximum Gasteiger partial charge on any atom is 0.243 e. The van der Waals surface area contributed by atoms with Gasteiger partial charge in [0, 0.05) is 32.0 Å². The van der Waals surface area contributed by atoms with Gasteiger partial charge < -0.3 is 26.4 Å². The molecule has 2 aromatic carbocycles. The molecule has 8 nitrogen and oxygen atoms in total. The summed E-state index contributed by atoms with van der Waals surface area (Å²) in [6.07, 6.45) is 0.743. The summed E-state index contributed by atoms with van der Waals surface area (Å²) in [5.41, 5.74) is 6.33. The van der Waals surface area contributed by atoms with Crippen molar-refractivity contribution in [2.45, 2.75) is 51.3 Å². The Balaban J connectivity index is 0.00000408. The van der Waals surface area contributed by atoms with E-state index >= 15 is 0 Å². The second-order valence-electron chi connectivity index (χ2n) is 8.93. The van der Waals surface area contributed by atoms with Crippen molar-refractivity contribution in [1.29, 1.82) is 0 Å². The van der Waals surface area contributed by atoms with Crippen molar-refractivity contribution in [3.8, 4) is 0 Å². The van der Waals surface area contributed by atoms with Crippen molar-refractivity contribution in [1.82, 2.24) is 15.5 Å². The van der Waals surface area contributed by atoms with Crippen LogP contribution in [-0.2, 0) is 20.8 Å². The minimum Gasteiger partial charge on any atom is -0.390 e. The predicted molar refractivity (Wildman–Crippen MR) is 134 cm³/mol. The van der Waals surface area contributed by atoms with E-state index in [4.69, 9.17) is 5.73 Å². The molecule has 0 bridgehead atoms. The van der Waals surface area contributed by atoms with Gasteiger partial charge in [-0.25, -0.2) is 0 Å². The van der Waals surface area contributed by atoms with E-state index in [1.54, 1.807) is 4.90 Å². The predicted octanol–water partition coefficient (Wildman–Crippen LogP) is 1.37. The second kappa shape index (κ2) is 12.7. The number of likely N-dealkylation sites (tertiary alicyclic amines) is 1. The van der Waals surface area contributed by atoms with Gasteiger partial charge in [-0.3, -0.25) is 14.4 Å². The van der Waals surface area contributed by atoms with Crippen molar-refractivity contribution < 1.29 is 19.5 Å². The quantitative estimate of drug-likeness (QED) is 0.422. The average Bonchev–Trinajstić information content (AvgIpc) is 3.31. The van der Waals surface area contributed by atoms with Crippen molar-refractivity contribution in [3.05, 3.63) is 48.0 Å². The number of carbonyl (C=O) groups excluding carboxylic acids is 3. The summed E-state index contributed by atoms with van der Waals surface area (Å²) in [5.74, 6) is -0.993. The lowest BCUT2D eigenvalue weighted by molar-refractivity contribution is -0.141. The van der Waals surface area contributed by atoms with Crippen LogP contribution in [0.5, 0.6) is 0 Å². The first-order valence-electron chi connectivity index (χ1n) is 11.5. The lowest BCUT2D eigenvalue weighted by Crippen LogP contribution is -2.55. The van der Waals surface area contributed by atoms with Gasteiger partial charge in [-0.05, 0) is 29.2 Å². The first kappa shape index (κ1) is 27.6. The fraction of sp³-hybridized carbons (Fsp3) is 0.480. The van der Waals surface area contributed by atoms with Gasteiger partial charge in [0.15, 0.2) is 0 Å². The van der Waals surface area contributed by atoms with Crippen LogP contribution < -0.4 is 16.4 Å². The number of fused-ring (bicyclic) bond motifs is 1. The highest BCUT2D eigenvalue weighted by molar-refractivity contribution is 5.93. The number of nitrogens with one attached hydrogen (secondary N) is 2. The zero-order valence-corrected chi connectivity index (χ0v) is 20.5. The molecular weight excluding hydrogens is 456 g/mol. The number of amides is 3. The topological polar surface area (TPSA) is 125 Å². The third-order valence-electron chi connectivity index (χ3n) is 6.00. The third kappa shape index (κ3) is 6.91. The van der Waals surface area contributed by atoms with Gasteiger partial charge in [-0.15, -0.1) is 12.4 Å². The summed E-state index contributed by atoms with van der Waals surface area (Å²) in [6, 6.07) is 12.4. The number of aliphatic hydroxyl groups is 1. The highest BCUT2D eigenvalue weighted by Crippen LogP contribution is 2.21. The van der Waals surface area contributed by atoms with Crippen LogP contribution in [0.4, 0.5) is 0 Å². The molecule has 1 heterocycles. The Labute approximate surface area is 206 Å². The Morgan fingerprint density at radius 1 is 1.15 bits per heavy atom. The smallest absolute Gasteiger partial charge is 0.243 e. The molecular formula is C25H35ClN4O4. The van der Waals surface area contributed by atoms with Gasteiger partial charge in [0.2, 0.25) is 17.7 Å². The van der Waals surface area contributed by atoms with E-state index in [0.29, 0.717) is 13.0 Å². The molecule has 3 amide bonds. The van der Waals surface area contributed by atoms with Crippen LogP contribution in [0.3, 0.4) is 0 Å². The van der Waals surface area contributed by atoms with Crippen molar-refractivity contribution in [2.75, 3.05) is 19.6 Å². The third-order valence-corrected chi connectivity index (χ3v) is 6.00. The number of nitrogens with two attached hydrogens (primary N) is 1. The SMILES string of the molecule is CC(C)C(=O)N1CCCC1C(=O)N[C@H](Cc1ccc2ccccc2c1)C(=O)NCC(O)CN.Cl. The lowest BCUT2D eigenvalue weighted by Gasteiger charge is -2.27. The van der Waals surface area contributed by atoms with E-state index in [1.165, 1.54) is 0 Å². The summed E-state index contributed by atoms with van der Waals surface area (Å²) in [4.78, 5) is 40.2. The van der Waals surface area contributed by atoms with Crippen LogP contribution in [0.2, 0.25) is 0 Å². The van der Waals surface area contributed by atoms with E-state index < -0.39 is 24.1 Å². The number of nitrogens with zero attached hydrogens (tertiary/aromatic N) is 1. The average molecular weight is 491 g/mol. The Kier molecular flexibility index (Phi) is 10.3. The van der Waals surface area contributed by atoms with Crippen LogP contribution >= 0.6 is 12.4 Å². The van der Waals surface area contributed by atoms with Crippen LogP contribution in [0.25, 0.3) is 10.8 Å². The Bertz CT molecular complexity index is 1000. The molecule has 186 valence electrons. The Morgan fingerprint density at radius 3 is 2.53 bits per heavy atom. The molecule has 2 unspecified atom stereocenters. The molecule has 0 aromatic heterocycles. The summed E-state index contributed by atoms with van der Waals surface area (Å²) in [7, 11) is 0. The fourth-order valence-electron chi connectivity index (χ4n) is 4.14. The maximum atomic E-state index is 13.1.